The Bertz CT molecular complexity index is 457. The van der Waals surface area contributed by atoms with Crippen LogP contribution in [0.25, 0.3) is 0 Å². The van der Waals surface area contributed by atoms with Crippen LogP contribution in [0.3, 0.4) is 0 Å². The van der Waals surface area contributed by atoms with Crippen LogP contribution in [-0.4, -0.2) is 40.3 Å². The van der Waals surface area contributed by atoms with E-state index in [1.165, 1.54) is 31.9 Å². The minimum atomic E-state index is -0.952. The molecule has 0 amide bonds. The van der Waals surface area contributed by atoms with Gasteiger partial charge >= 0.3 is 0 Å². The molecule has 0 bridgehead atoms. The van der Waals surface area contributed by atoms with E-state index in [0.717, 1.165) is 24.9 Å². The quantitative estimate of drug-likeness (QED) is 0.874. The zero-order chi connectivity index (χ0) is 15.2. The summed E-state index contributed by atoms with van der Waals surface area (Å²) in [6, 6.07) is 7.70. The van der Waals surface area contributed by atoms with Crippen LogP contribution < -0.4 is 4.90 Å². The van der Waals surface area contributed by atoms with E-state index in [0.29, 0.717) is 5.56 Å². The first kappa shape index (κ1) is 16.3. The maximum absolute atomic E-state index is 10.9. The average Bonchev–Trinajstić information content (AvgIpc) is 2.53. The lowest BCUT2D eigenvalue weighted by Crippen LogP contribution is -2.29. The number of rotatable bonds is 5. The molecule has 5 heteroatoms. The van der Waals surface area contributed by atoms with Gasteiger partial charge in [-0.05, 0) is 37.0 Å². The zero-order valence-electron chi connectivity index (χ0n) is 12.4. The molecule has 1 aromatic carbocycles. The van der Waals surface area contributed by atoms with Crippen molar-refractivity contribution >= 4 is 22.6 Å². The summed E-state index contributed by atoms with van der Waals surface area (Å²) in [6.45, 7) is 3.62. The van der Waals surface area contributed by atoms with Crippen LogP contribution >= 0.6 is 11.8 Å². The molecule has 116 valence electrons. The Labute approximate surface area is 130 Å². The van der Waals surface area contributed by atoms with Gasteiger partial charge in [0.05, 0.1) is 6.10 Å². The van der Waals surface area contributed by atoms with Gasteiger partial charge in [-0.1, -0.05) is 23.9 Å². The fourth-order valence-corrected chi connectivity index (χ4v) is 3.14. The van der Waals surface area contributed by atoms with E-state index in [1.54, 1.807) is 0 Å². The number of aliphatic hydroxyl groups is 2. The highest BCUT2D eigenvalue weighted by molar-refractivity contribution is 8.13. The van der Waals surface area contributed by atoms with Crippen molar-refractivity contribution in [1.82, 2.24) is 0 Å². The molecule has 2 unspecified atom stereocenters. The zero-order valence-corrected chi connectivity index (χ0v) is 13.2. The highest BCUT2D eigenvalue weighted by Gasteiger charge is 2.19. The summed E-state index contributed by atoms with van der Waals surface area (Å²) >= 11 is 1.03. The second-order valence-corrected chi connectivity index (χ2v) is 6.65. The first-order valence-corrected chi connectivity index (χ1v) is 8.41. The molecular weight excluding hydrogens is 286 g/mol. The Morgan fingerprint density at radius 1 is 1.19 bits per heavy atom. The van der Waals surface area contributed by atoms with Crippen molar-refractivity contribution < 1.29 is 15.0 Å². The average molecular weight is 309 g/mol. The van der Waals surface area contributed by atoms with Crippen LogP contribution in [0.4, 0.5) is 5.69 Å². The van der Waals surface area contributed by atoms with Crippen molar-refractivity contribution in [2.75, 3.05) is 23.7 Å². The molecule has 1 saturated heterocycles. The van der Waals surface area contributed by atoms with E-state index in [4.69, 9.17) is 0 Å². The van der Waals surface area contributed by atoms with Crippen LogP contribution in [0.5, 0.6) is 0 Å². The van der Waals surface area contributed by atoms with Gasteiger partial charge in [0.2, 0.25) is 0 Å². The lowest BCUT2D eigenvalue weighted by molar-refractivity contribution is -0.109. The molecule has 2 rings (SSSR count). The minimum Gasteiger partial charge on any atom is -0.389 e. The number of hydrogen-bond donors (Lipinski definition) is 2. The van der Waals surface area contributed by atoms with Gasteiger partial charge in [0.15, 0.2) is 5.12 Å². The number of piperidine rings is 1. The third kappa shape index (κ3) is 4.73. The van der Waals surface area contributed by atoms with E-state index in [2.05, 4.69) is 4.90 Å². The summed E-state index contributed by atoms with van der Waals surface area (Å²) in [4.78, 5) is 13.2. The SMILES string of the molecule is CC(=O)SCC(O)C(O)c1ccc(N2CCCCC2)cc1. The summed E-state index contributed by atoms with van der Waals surface area (Å²) in [5.74, 6) is 0.213. The van der Waals surface area contributed by atoms with Gasteiger partial charge in [0, 0.05) is 31.5 Å². The van der Waals surface area contributed by atoms with Crippen LogP contribution in [0.2, 0.25) is 0 Å². The van der Waals surface area contributed by atoms with Crippen LogP contribution in [0.1, 0.15) is 37.9 Å². The molecule has 2 atom stereocenters. The summed E-state index contributed by atoms with van der Waals surface area (Å²) < 4.78 is 0. The first-order valence-electron chi connectivity index (χ1n) is 7.42. The second-order valence-electron chi connectivity index (χ2n) is 5.45. The van der Waals surface area contributed by atoms with E-state index in [-0.39, 0.29) is 10.9 Å². The molecule has 1 fully saturated rings. The molecule has 1 heterocycles. The van der Waals surface area contributed by atoms with Crippen LogP contribution in [0.15, 0.2) is 24.3 Å². The molecule has 4 nitrogen and oxygen atoms in total. The molecule has 0 aliphatic carbocycles. The van der Waals surface area contributed by atoms with Gasteiger partial charge < -0.3 is 15.1 Å². The Hall–Kier alpha value is -1.04. The third-order valence-corrected chi connectivity index (χ3v) is 4.69. The Morgan fingerprint density at radius 3 is 2.38 bits per heavy atom. The van der Waals surface area contributed by atoms with E-state index < -0.39 is 12.2 Å². The molecule has 0 radical (unpaired) electrons. The van der Waals surface area contributed by atoms with Crippen molar-refractivity contribution in [3.8, 4) is 0 Å². The summed E-state index contributed by atoms with van der Waals surface area (Å²) in [5, 5.41) is 20.0. The summed E-state index contributed by atoms with van der Waals surface area (Å²) in [6.07, 6.45) is 1.87. The van der Waals surface area contributed by atoms with Crippen molar-refractivity contribution in [1.29, 1.82) is 0 Å². The fraction of sp³-hybridized carbons (Fsp3) is 0.562. The normalized spacial score (nSPS) is 18.3. The van der Waals surface area contributed by atoms with Crippen molar-refractivity contribution in [3.63, 3.8) is 0 Å². The standard InChI is InChI=1S/C16H23NO3S/c1-12(18)21-11-15(19)16(20)13-5-7-14(8-6-13)17-9-3-2-4-10-17/h5-8,15-16,19-20H,2-4,9-11H2,1H3. The molecule has 1 aliphatic heterocycles. The molecule has 1 aliphatic rings. The number of thioether (sulfide) groups is 1. The number of carbonyl (C=O) groups excluding carboxylic acids is 1. The molecule has 0 saturated carbocycles. The monoisotopic (exact) mass is 309 g/mol. The molecule has 0 aromatic heterocycles. The van der Waals surface area contributed by atoms with Crippen molar-refractivity contribution in [2.24, 2.45) is 0 Å². The largest absolute Gasteiger partial charge is 0.389 e. The van der Waals surface area contributed by atoms with Gasteiger partial charge in [-0.2, -0.15) is 0 Å². The number of benzene rings is 1. The van der Waals surface area contributed by atoms with Gasteiger partial charge in [-0.3, -0.25) is 4.79 Å². The summed E-state index contributed by atoms with van der Waals surface area (Å²) in [5.41, 5.74) is 1.85. The first-order chi connectivity index (χ1) is 10.1. The van der Waals surface area contributed by atoms with Crippen LogP contribution in [-0.2, 0) is 4.79 Å². The Kier molecular flexibility index (Phi) is 6.08. The van der Waals surface area contributed by atoms with E-state index in [9.17, 15) is 15.0 Å². The predicted molar refractivity (Wildman–Crippen MR) is 86.6 cm³/mol. The third-order valence-electron chi connectivity index (χ3n) is 3.78. The van der Waals surface area contributed by atoms with Gasteiger partial charge in [0.1, 0.15) is 6.10 Å². The molecular formula is C16H23NO3S. The number of aliphatic hydroxyl groups excluding tert-OH is 2. The lowest BCUT2D eigenvalue weighted by atomic mass is 10.0. The fourth-order valence-electron chi connectivity index (χ4n) is 2.55. The van der Waals surface area contributed by atoms with Crippen molar-refractivity contribution in [3.05, 3.63) is 29.8 Å². The highest BCUT2D eigenvalue weighted by Crippen LogP contribution is 2.25. The van der Waals surface area contributed by atoms with E-state index in [1.807, 2.05) is 24.3 Å². The lowest BCUT2D eigenvalue weighted by Gasteiger charge is -2.29. The van der Waals surface area contributed by atoms with Gasteiger partial charge in [0.25, 0.3) is 0 Å². The topological polar surface area (TPSA) is 60.8 Å². The maximum atomic E-state index is 10.9. The Morgan fingerprint density at radius 2 is 1.81 bits per heavy atom. The number of anilines is 1. The highest BCUT2D eigenvalue weighted by atomic mass is 32.2. The second kappa shape index (κ2) is 7.82. The molecule has 2 N–H and O–H groups in total. The number of hydrogen-bond acceptors (Lipinski definition) is 5. The van der Waals surface area contributed by atoms with E-state index >= 15 is 0 Å². The molecule has 1 aromatic rings. The number of carbonyl (C=O) groups is 1. The smallest absolute Gasteiger partial charge is 0.185 e. The summed E-state index contributed by atoms with van der Waals surface area (Å²) in [7, 11) is 0. The maximum Gasteiger partial charge on any atom is 0.185 e. The minimum absolute atomic E-state index is 0.0540. The van der Waals surface area contributed by atoms with Gasteiger partial charge in [-0.25, -0.2) is 0 Å². The van der Waals surface area contributed by atoms with Gasteiger partial charge in [-0.15, -0.1) is 0 Å². The van der Waals surface area contributed by atoms with Crippen LogP contribution in [0, 0.1) is 0 Å². The predicted octanol–water partition coefficient (Wildman–Crippen LogP) is 2.35. The number of nitrogens with zero attached hydrogens (tertiary/aromatic N) is 1. The Balaban J connectivity index is 1.95. The molecule has 21 heavy (non-hydrogen) atoms. The molecule has 0 spiro atoms. The van der Waals surface area contributed by atoms with Crippen molar-refractivity contribution in [2.45, 2.75) is 38.4 Å².